The number of alkyl carbamates (subject to hydrolysis) is 1. The number of benzene rings is 3. The van der Waals surface area contributed by atoms with E-state index in [1.165, 1.54) is 4.90 Å². The number of carbonyl (C=O) groups is 5. The summed E-state index contributed by atoms with van der Waals surface area (Å²) in [5, 5.41) is 28.2. The SMILES string of the molecule is Cc1cc(O)cc(C)c1C[C@H](NC(=O)OC(C)(C)C)C(=O)N1Cc2ccccc2C[C@H]1C(=O)N[C@@H](Cc1ccccc1)C(=O)N[C@@H](CCCCN)C(=O)O. The average Bonchev–Trinajstić information content (AvgIpc) is 3.10. The number of aromatic hydroxyl groups is 1. The van der Waals surface area contributed by atoms with Gasteiger partial charge < -0.3 is 41.5 Å². The van der Waals surface area contributed by atoms with Gasteiger partial charge in [0.05, 0.1) is 0 Å². The Morgan fingerprint density at radius 1 is 0.852 bits per heavy atom. The molecular weight excluding hydrogens is 690 g/mol. The standard InChI is InChI=1S/C41H53N5O8/c1-25-19-30(47)20-26(2)31(25)23-34(45-40(53)54-41(3,4)5)38(50)46-24-29-16-10-9-15-28(29)22-35(46)37(49)44-33(21-27-13-7-6-8-14-27)36(48)43-32(39(51)52)17-11-12-18-42/h6-10,13-16,19-20,32-35,47H,11-12,17-18,21-24,42H2,1-5H3,(H,43,48)(H,44,49)(H,45,53)(H,51,52)/t32-,33-,34-,35-/m0/s1. The summed E-state index contributed by atoms with van der Waals surface area (Å²) in [5.74, 6) is -2.97. The van der Waals surface area contributed by atoms with Crippen molar-refractivity contribution in [3.63, 3.8) is 0 Å². The Kier molecular flexibility index (Phi) is 14.2. The summed E-state index contributed by atoms with van der Waals surface area (Å²) < 4.78 is 5.54. The lowest BCUT2D eigenvalue weighted by Gasteiger charge is -2.39. The van der Waals surface area contributed by atoms with Gasteiger partial charge in [-0.05, 0) is 106 Å². The summed E-state index contributed by atoms with van der Waals surface area (Å²) in [5.41, 5.74) is 9.30. The molecule has 0 saturated heterocycles. The van der Waals surface area contributed by atoms with Gasteiger partial charge >= 0.3 is 12.1 Å². The van der Waals surface area contributed by atoms with Crippen molar-refractivity contribution in [2.45, 2.75) is 109 Å². The fourth-order valence-electron chi connectivity index (χ4n) is 6.69. The van der Waals surface area contributed by atoms with Crippen molar-refractivity contribution >= 4 is 29.8 Å². The summed E-state index contributed by atoms with van der Waals surface area (Å²) in [7, 11) is 0. The van der Waals surface area contributed by atoms with E-state index in [0.717, 1.165) is 22.3 Å². The van der Waals surface area contributed by atoms with Crippen molar-refractivity contribution in [1.29, 1.82) is 0 Å². The normalized spacial score (nSPS) is 15.6. The van der Waals surface area contributed by atoms with Crippen LogP contribution in [0.15, 0.2) is 66.7 Å². The van der Waals surface area contributed by atoms with E-state index < -0.39 is 59.6 Å². The van der Waals surface area contributed by atoms with Crippen LogP contribution in [0.5, 0.6) is 5.75 Å². The van der Waals surface area contributed by atoms with Crippen molar-refractivity contribution < 1.29 is 38.9 Å². The number of unbranched alkanes of at least 4 members (excludes halogenated alkanes) is 1. The van der Waals surface area contributed by atoms with E-state index in [0.29, 0.717) is 30.5 Å². The summed E-state index contributed by atoms with van der Waals surface area (Å²) in [6.07, 6.45) is 0.664. The minimum Gasteiger partial charge on any atom is -0.508 e. The maximum atomic E-state index is 14.7. The van der Waals surface area contributed by atoms with Gasteiger partial charge in [-0.25, -0.2) is 9.59 Å². The van der Waals surface area contributed by atoms with Crippen LogP contribution in [-0.2, 0) is 49.7 Å². The van der Waals surface area contributed by atoms with Crippen molar-refractivity contribution in [3.05, 3.63) is 100 Å². The quantitative estimate of drug-likeness (QED) is 0.125. The van der Waals surface area contributed by atoms with Gasteiger partial charge in [-0.3, -0.25) is 14.4 Å². The lowest BCUT2D eigenvalue weighted by atomic mass is 9.91. The molecule has 4 amide bonds. The van der Waals surface area contributed by atoms with Crippen LogP contribution in [-0.4, -0.2) is 81.2 Å². The number of aryl methyl sites for hydroxylation is 2. The predicted octanol–water partition coefficient (Wildman–Crippen LogP) is 3.82. The number of rotatable bonds is 15. The molecule has 0 radical (unpaired) electrons. The third-order valence-electron chi connectivity index (χ3n) is 9.39. The zero-order valence-electron chi connectivity index (χ0n) is 31.7. The third-order valence-corrected chi connectivity index (χ3v) is 9.39. The Hall–Kier alpha value is -5.43. The minimum atomic E-state index is -1.20. The monoisotopic (exact) mass is 743 g/mol. The van der Waals surface area contributed by atoms with Gasteiger partial charge in [0.25, 0.3) is 0 Å². The highest BCUT2D eigenvalue weighted by molar-refractivity contribution is 5.95. The second-order valence-corrected chi connectivity index (χ2v) is 14.9. The number of nitrogens with two attached hydrogens (primary N) is 1. The number of hydrogen-bond donors (Lipinski definition) is 6. The molecule has 1 heterocycles. The van der Waals surface area contributed by atoms with E-state index in [1.807, 2.05) is 30.3 Å². The van der Waals surface area contributed by atoms with Crippen LogP contribution in [0.4, 0.5) is 4.79 Å². The van der Waals surface area contributed by atoms with E-state index in [4.69, 9.17) is 10.5 Å². The molecule has 3 aromatic rings. The van der Waals surface area contributed by atoms with Crippen molar-refractivity contribution in [1.82, 2.24) is 20.9 Å². The molecule has 13 heteroatoms. The molecule has 0 aromatic heterocycles. The molecule has 0 fully saturated rings. The lowest BCUT2D eigenvalue weighted by Crippen LogP contribution is -2.61. The summed E-state index contributed by atoms with van der Waals surface area (Å²) in [4.78, 5) is 69.7. The Morgan fingerprint density at radius 3 is 2.09 bits per heavy atom. The van der Waals surface area contributed by atoms with Gasteiger partial charge in [0.1, 0.15) is 35.5 Å². The number of carboxylic acids is 1. The first-order chi connectivity index (χ1) is 25.6. The number of amides is 4. The average molecular weight is 744 g/mol. The smallest absolute Gasteiger partial charge is 0.408 e. The van der Waals surface area contributed by atoms with Crippen molar-refractivity contribution in [2.24, 2.45) is 5.73 Å². The van der Waals surface area contributed by atoms with Crippen LogP contribution in [0, 0.1) is 13.8 Å². The van der Waals surface area contributed by atoms with Gasteiger partial charge in [-0.15, -0.1) is 0 Å². The number of aliphatic carboxylic acids is 1. The maximum Gasteiger partial charge on any atom is 0.408 e. The number of phenolic OH excluding ortho intramolecular Hbond substituents is 1. The Morgan fingerprint density at radius 2 is 1.48 bits per heavy atom. The van der Waals surface area contributed by atoms with Gasteiger partial charge in [-0.1, -0.05) is 54.6 Å². The molecule has 4 atom stereocenters. The molecule has 54 heavy (non-hydrogen) atoms. The number of hydrogen-bond acceptors (Lipinski definition) is 8. The van der Waals surface area contributed by atoms with Crippen molar-refractivity contribution in [2.75, 3.05) is 6.54 Å². The second kappa shape index (κ2) is 18.6. The molecule has 1 aliphatic heterocycles. The van der Waals surface area contributed by atoms with Crippen LogP contribution in [0.1, 0.15) is 73.4 Å². The molecule has 0 aliphatic carbocycles. The molecule has 0 spiro atoms. The first kappa shape index (κ1) is 41.3. The number of carboxylic acid groups (broad SMARTS) is 1. The molecule has 1 aliphatic rings. The maximum absolute atomic E-state index is 14.7. The van der Waals surface area contributed by atoms with Gasteiger partial charge in [0, 0.05) is 25.8 Å². The predicted molar refractivity (Wildman–Crippen MR) is 203 cm³/mol. The first-order valence-corrected chi connectivity index (χ1v) is 18.3. The lowest BCUT2D eigenvalue weighted by molar-refractivity contribution is -0.145. The highest BCUT2D eigenvalue weighted by Crippen LogP contribution is 2.27. The molecule has 7 N–H and O–H groups in total. The molecule has 4 rings (SSSR count). The zero-order valence-corrected chi connectivity index (χ0v) is 31.7. The highest BCUT2D eigenvalue weighted by atomic mass is 16.6. The molecular formula is C41H53N5O8. The zero-order chi connectivity index (χ0) is 39.6. The topological polar surface area (TPSA) is 200 Å². The Bertz CT molecular complexity index is 1790. The third kappa shape index (κ3) is 11.5. The number of nitrogens with one attached hydrogen (secondary N) is 3. The molecule has 13 nitrogen and oxygen atoms in total. The Labute approximate surface area is 316 Å². The van der Waals surface area contributed by atoms with Crippen molar-refractivity contribution in [3.8, 4) is 5.75 Å². The summed E-state index contributed by atoms with van der Waals surface area (Å²) >= 11 is 0. The number of phenols is 1. The van der Waals surface area contributed by atoms with Gasteiger partial charge in [0.2, 0.25) is 17.7 Å². The number of fused-ring (bicyclic) bond motifs is 1. The van der Waals surface area contributed by atoms with Gasteiger partial charge in [-0.2, -0.15) is 0 Å². The van der Waals surface area contributed by atoms with E-state index >= 15 is 0 Å². The first-order valence-electron chi connectivity index (χ1n) is 18.3. The molecule has 3 aromatic carbocycles. The summed E-state index contributed by atoms with van der Waals surface area (Å²) in [6.45, 7) is 9.16. The Balaban J connectivity index is 1.69. The fourth-order valence-corrected chi connectivity index (χ4v) is 6.69. The number of carbonyl (C=O) groups excluding carboxylic acids is 4. The molecule has 290 valence electrons. The van der Waals surface area contributed by atoms with Crippen LogP contribution < -0.4 is 21.7 Å². The van der Waals surface area contributed by atoms with E-state index in [2.05, 4.69) is 16.0 Å². The van der Waals surface area contributed by atoms with E-state index in [9.17, 15) is 34.2 Å². The van der Waals surface area contributed by atoms with Gasteiger partial charge in [0.15, 0.2) is 0 Å². The van der Waals surface area contributed by atoms with E-state index in [-0.39, 0.29) is 38.0 Å². The molecule has 0 unspecified atom stereocenters. The molecule has 0 saturated carbocycles. The molecule has 0 bridgehead atoms. The second-order valence-electron chi connectivity index (χ2n) is 14.9. The van der Waals surface area contributed by atoms with E-state index in [1.54, 1.807) is 71.0 Å². The largest absolute Gasteiger partial charge is 0.508 e. The highest BCUT2D eigenvalue weighted by Gasteiger charge is 2.40. The minimum absolute atomic E-state index is 0.0439. The van der Waals surface area contributed by atoms with Crippen LogP contribution in [0.3, 0.4) is 0 Å². The van der Waals surface area contributed by atoms with Crippen LogP contribution in [0.25, 0.3) is 0 Å². The number of nitrogens with zero attached hydrogens (tertiary/aromatic N) is 1. The van der Waals surface area contributed by atoms with Crippen LogP contribution >= 0.6 is 0 Å². The summed E-state index contributed by atoms with van der Waals surface area (Å²) in [6, 6.07) is 15.0. The fraction of sp³-hybridized carbons (Fsp3) is 0.439. The van der Waals surface area contributed by atoms with Crippen LogP contribution in [0.2, 0.25) is 0 Å². The number of ether oxygens (including phenoxy) is 1.